The Hall–Kier alpha value is -2.78. The first-order valence-corrected chi connectivity index (χ1v) is 13.0. The average Bonchev–Trinajstić information content (AvgIpc) is 3.21. The highest BCUT2D eigenvalue weighted by molar-refractivity contribution is 5.90. The standard InChI is InChI=1S/C31H39N3/c1-7-34(8-2)23-17-21-11-9-10-12-24(21)26(19-23)20(3)29-30-25(15-16-32-29)27-18-22(31(4,5)6)13-14-28(27)33-30/h9-14,17-20,29,32-33H,7-8,15-16H2,1-6H3. The van der Waals surface area contributed by atoms with E-state index < -0.39 is 0 Å². The summed E-state index contributed by atoms with van der Waals surface area (Å²) in [7, 11) is 0. The lowest BCUT2D eigenvalue weighted by atomic mass is 9.83. The minimum Gasteiger partial charge on any atom is -0.372 e. The van der Waals surface area contributed by atoms with Gasteiger partial charge in [0, 0.05) is 41.3 Å². The van der Waals surface area contributed by atoms with Crippen molar-refractivity contribution in [3.05, 3.63) is 77.0 Å². The second-order valence-electron chi connectivity index (χ2n) is 10.9. The first-order valence-electron chi connectivity index (χ1n) is 13.0. The summed E-state index contributed by atoms with van der Waals surface area (Å²) in [5.74, 6) is 0.342. The number of fused-ring (bicyclic) bond motifs is 4. The number of nitrogens with one attached hydrogen (secondary N) is 2. The molecule has 2 N–H and O–H groups in total. The SMILES string of the molecule is CCN(CC)c1cc(C(C)C2NCCc3c2[nH]c2ccc(C(C)(C)C)cc32)c2ccccc2c1. The van der Waals surface area contributed by atoms with Crippen LogP contribution >= 0.6 is 0 Å². The van der Waals surface area contributed by atoms with E-state index in [0.29, 0.717) is 5.92 Å². The fourth-order valence-corrected chi connectivity index (χ4v) is 5.80. The van der Waals surface area contributed by atoms with Crippen LogP contribution in [0.5, 0.6) is 0 Å². The zero-order valence-electron chi connectivity index (χ0n) is 21.6. The normalized spacial score (nSPS) is 17.2. The summed E-state index contributed by atoms with van der Waals surface area (Å²) in [6.07, 6.45) is 1.08. The Balaban J connectivity index is 1.62. The number of anilines is 1. The lowest BCUT2D eigenvalue weighted by Gasteiger charge is -2.32. The Morgan fingerprint density at radius 3 is 2.47 bits per heavy atom. The van der Waals surface area contributed by atoms with Crippen LogP contribution in [0.15, 0.2) is 54.6 Å². The Morgan fingerprint density at radius 2 is 1.74 bits per heavy atom. The third-order valence-corrected chi connectivity index (χ3v) is 7.85. The molecule has 2 atom stereocenters. The number of hydrogen-bond acceptors (Lipinski definition) is 2. The molecule has 0 saturated carbocycles. The van der Waals surface area contributed by atoms with Crippen LogP contribution in [0.1, 0.15) is 75.9 Å². The van der Waals surface area contributed by atoms with Gasteiger partial charge in [0.05, 0.1) is 6.04 Å². The summed E-state index contributed by atoms with van der Waals surface area (Å²) in [4.78, 5) is 6.29. The predicted molar refractivity (Wildman–Crippen MR) is 147 cm³/mol. The van der Waals surface area contributed by atoms with Crippen molar-refractivity contribution in [3.8, 4) is 0 Å². The summed E-state index contributed by atoms with van der Waals surface area (Å²) >= 11 is 0. The van der Waals surface area contributed by atoms with Crippen LogP contribution in [-0.4, -0.2) is 24.6 Å². The topological polar surface area (TPSA) is 31.1 Å². The van der Waals surface area contributed by atoms with Crippen molar-refractivity contribution in [2.24, 2.45) is 0 Å². The van der Waals surface area contributed by atoms with Gasteiger partial charge in [-0.1, -0.05) is 58.0 Å². The van der Waals surface area contributed by atoms with E-state index in [1.807, 2.05) is 0 Å². The van der Waals surface area contributed by atoms with E-state index in [1.54, 1.807) is 0 Å². The third kappa shape index (κ3) is 3.90. The first-order chi connectivity index (χ1) is 16.3. The van der Waals surface area contributed by atoms with E-state index in [-0.39, 0.29) is 11.5 Å². The summed E-state index contributed by atoms with van der Waals surface area (Å²) in [5, 5.41) is 7.98. The number of benzene rings is 3. The average molecular weight is 454 g/mol. The van der Waals surface area contributed by atoms with Crippen LogP contribution in [-0.2, 0) is 11.8 Å². The quantitative estimate of drug-likeness (QED) is 0.329. The minimum atomic E-state index is 0.155. The number of hydrogen-bond donors (Lipinski definition) is 2. The van der Waals surface area contributed by atoms with Gasteiger partial charge in [-0.2, -0.15) is 0 Å². The second-order valence-corrected chi connectivity index (χ2v) is 10.9. The number of nitrogens with zero attached hydrogens (tertiary/aromatic N) is 1. The molecule has 0 fully saturated rings. The van der Waals surface area contributed by atoms with Gasteiger partial charge >= 0.3 is 0 Å². The van der Waals surface area contributed by atoms with Crippen molar-refractivity contribution >= 4 is 27.4 Å². The highest BCUT2D eigenvalue weighted by atomic mass is 15.1. The molecular weight excluding hydrogens is 414 g/mol. The molecule has 4 aromatic rings. The molecule has 34 heavy (non-hydrogen) atoms. The molecule has 1 aliphatic heterocycles. The number of aromatic nitrogens is 1. The van der Waals surface area contributed by atoms with E-state index in [4.69, 9.17) is 0 Å². The first kappa shape index (κ1) is 23.0. The largest absolute Gasteiger partial charge is 0.372 e. The molecule has 3 heteroatoms. The van der Waals surface area contributed by atoms with Gasteiger partial charge in [0.15, 0.2) is 0 Å². The Kier molecular flexibility index (Phi) is 5.93. The number of aromatic amines is 1. The molecule has 2 unspecified atom stereocenters. The molecule has 3 aromatic carbocycles. The van der Waals surface area contributed by atoms with Gasteiger partial charge in [0.2, 0.25) is 0 Å². The number of rotatable bonds is 5. The van der Waals surface area contributed by atoms with Gasteiger partial charge in [-0.05, 0) is 84.0 Å². The molecule has 1 aliphatic rings. The van der Waals surface area contributed by atoms with Crippen LogP contribution in [0.4, 0.5) is 5.69 Å². The molecule has 0 spiro atoms. The molecule has 2 heterocycles. The van der Waals surface area contributed by atoms with Crippen molar-refractivity contribution < 1.29 is 0 Å². The molecule has 0 bridgehead atoms. The van der Waals surface area contributed by atoms with Gasteiger partial charge < -0.3 is 15.2 Å². The van der Waals surface area contributed by atoms with Gasteiger partial charge in [-0.25, -0.2) is 0 Å². The maximum atomic E-state index is 3.88. The zero-order valence-corrected chi connectivity index (χ0v) is 21.6. The fourth-order valence-electron chi connectivity index (χ4n) is 5.80. The zero-order chi connectivity index (χ0) is 24.0. The molecule has 178 valence electrons. The Bertz CT molecular complexity index is 1320. The van der Waals surface area contributed by atoms with Crippen molar-refractivity contribution in [3.63, 3.8) is 0 Å². The molecule has 0 aliphatic carbocycles. The van der Waals surface area contributed by atoms with E-state index in [1.165, 1.54) is 49.7 Å². The van der Waals surface area contributed by atoms with Gasteiger partial charge in [0.1, 0.15) is 0 Å². The minimum absolute atomic E-state index is 0.155. The Labute approximate surface area is 204 Å². The maximum Gasteiger partial charge on any atom is 0.0543 e. The molecule has 5 rings (SSSR count). The maximum absolute atomic E-state index is 3.88. The third-order valence-electron chi connectivity index (χ3n) is 7.85. The van der Waals surface area contributed by atoms with Crippen molar-refractivity contribution in [2.45, 2.75) is 65.3 Å². The van der Waals surface area contributed by atoms with Crippen LogP contribution in [0.25, 0.3) is 21.7 Å². The lowest BCUT2D eigenvalue weighted by Crippen LogP contribution is -2.33. The van der Waals surface area contributed by atoms with Gasteiger partial charge in [-0.15, -0.1) is 0 Å². The van der Waals surface area contributed by atoms with E-state index in [0.717, 1.165) is 26.1 Å². The summed E-state index contributed by atoms with van der Waals surface area (Å²) in [6, 6.07) is 20.9. The fraction of sp³-hybridized carbons (Fsp3) is 0.419. The van der Waals surface area contributed by atoms with Crippen molar-refractivity contribution in [1.82, 2.24) is 10.3 Å². The summed E-state index contributed by atoms with van der Waals surface area (Å²) in [5.41, 5.74) is 8.45. The molecule has 0 saturated heterocycles. The Morgan fingerprint density at radius 1 is 0.971 bits per heavy atom. The highest BCUT2D eigenvalue weighted by Crippen LogP contribution is 2.41. The predicted octanol–water partition coefficient (Wildman–Crippen LogP) is 7.46. The van der Waals surface area contributed by atoms with Crippen molar-refractivity contribution in [2.75, 3.05) is 24.5 Å². The molecular formula is C31H39N3. The summed E-state index contributed by atoms with van der Waals surface area (Å²) in [6.45, 7) is 16.8. The van der Waals surface area contributed by atoms with E-state index in [2.05, 4.69) is 111 Å². The highest BCUT2D eigenvalue weighted by Gasteiger charge is 2.30. The molecule has 0 amide bonds. The lowest BCUT2D eigenvalue weighted by molar-refractivity contribution is 0.440. The molecule has 1 aromatic heterocycles. The smallest absolute Gasteiger partial charge is 0.0543 e. The van der Waals surface area contributed by atoms with Crippen LogP contribution in [0, 0.1) is 0 Å². The monoisotopic (exact) mass is 453 g/mol. The van der Waals surface area contributed by atoms with Gasteiger partial charge in [-0.3, -0.25) is 0 Å². The van der Waals surface area contributed by atoms with Crippen LogP contribution in [0.3, 0.4) is 0 Å². The van der Waals surface area contributed by atoms with E-state index >= 15 is 0 Å². The van der Waals surface area contributed by atoms with Crippen molar-refractivity contribution in [1.29, 1.82) is 0 Å². The second kappa shape index (κ2) is 8.78. The van der Waals surface area contributed by atoms with Gasteiger partial charge in [0.25, 0.3) is 0 Å². The van der Waals surface area contributed by atoms with Crippen LogP contribution in [0.2, 0.25) is 0 Å². The van der Waals surface area contributed by atoms with Crippen LogP contribution < -0.4 is 10.2 Å². The summed E-state index contributed by atoms with van der Waals surface area (Å²) < 4.78 is 0. The number of H-pyrrole nitrogens is 1. The molecule has 3 nitrogen and oxygen atoms in total. The van der Waals surface area contributed by atoms with E-state index in [9.17, 15) is 0 Å². The molecule has 0 radical (unpaired) electrons.